The molecule has 3 amide bonds. The molecule has 2 N–H and O–H groups in total. The number of ether oxygens (including phenoxy) is 1. The van der Waals surface area contributed by atoms with E-state index in [0.717, 1.165) is 36.8 Å². The van der Waals surface area contributed by atoms with Crippen molar-refractivity contribution in [2.75, 3.05) is 12.4 Å². The van der Waals surface area contributed by atoms with E-state index in [9.17, 15) is 14.4 Å². The van der Waals surface area contributed by atoms with E-state index in [-0.39, 0.29) is 36.9 Å². The molecule has 188 valence electrons. The second kappa shape index (κ2) is 9.29. The fourth-order valence-electron chi connectivity index (χ4n) is 5.42. The number of nitrogens with zero attached hydrogens (tertiary/aromatic N) is 3. The van der Waals surface area contributed by atoms with E-state index in [1.165, 1.54) is 6.92 Å². The first-order chi connectivity index (χ1) is 17.3. The van der Waals surface area contributed by atoms with Gasteiger partial charge in [-0.3, -0.25) is 19.4 Å². The van der Waals surface area contributed by atoms with Crippen LogP contribution in [-0.4, -0.2) is 50.9 Å². The molecular formula is C27H31N5O4. The van der Waals surface area contributed by atoms with Gasteiger partial charge in [0.1, 0.15) is 17.0 Å². The second-order valence-electron chi connectivity index (χ2n) is 9.86. The van der Waals surface area contributed by atoms with Gasteiger partial charge in [0.2, 0.25) is 11.8 Å². The Labute approximate surface area is 209 Å². The zero-order chi connectivity index (χ0) is 25.4. The van der Waals surface area contributed by atoms with Crippen LogP contribution in [0.4, 0.5) is 5.69 Å². The minimum atomic E-state index is -1.15. The van der Waals surface area contributed by atoms with Gasteiger partial charge in [-0.2, -0.15) is 0 Å². The molecular weight excluding hydrogens is 458 g/mol. The molecule has 1 aliphatic heterocycles. The van der Waals surface area contributed by atoms with E-state index in [1.807, 2.05) is 35.8 Å². The fourth-order valence-corrected chi connectivity index (χ4v) is 5.42. The van der Waals surface area contributed by atoms with Gasteiger partial charge in [-0.05, 0) is 49.6 Å². The fraction of sp³-hybridized carbons (Fsp3) is 0.407. The Morgan fingerprint density at radius 3 is 2.67 bits per heavy atom. The van der Waals surface area contributed by atoms with Crippen molar-refractivity contribution in [3.63, 3.8) is 0 Å². The van der Waals surface area contributed by atoms with Crippen LogP contribution < -0.4 is 15.4 Å². The average Bonchev–Trinajstić information content (AvgIpc) is 3.48. The van der Waals surface area contributed by atoms with Crippen molar-refractivity contribution in [3.8, 4) is 5.75 Å². The molecule has 0 bridgehead atoms. The summed E-state index contributed by atoms with van der Waals surface area (Å²) < 4.78 is 7.26. The highest BCUT2D eigenvalue weighted by atomic mass is 16.5. The molecule has 1 atom stereocenters. The first-order valence-corrected chi connectivity index (χ1v) is 12.3. The van der Waals surface area contributed by atoms with Crippen LogP contribution in [0.1, 0.15) is 55.6 Å². The SMILES string of the molecule is COc1ccc2c(c1)c(NC(C)=O)c1n2C[C@@](C)(C(=O)NC2CCCC2)N(Cc2cccnc2)C1=O. The number of pyridine rings is 1. The number of nitrogens with one attached hydrogen (secondary N) is 2. The van der Waals surface area contributed by atoms with Crippen molar-refractivity contribution in [2.45, 2.75) is 64.2 Å². The quantitative estimate of drug-likeness (QED) is 0.552. The summed E-state index contributed by atoms with van der Waals surface area (Å²) in [7, 11) is 1.57. The number of rotatable bonds is 6. The molecule has 1 saturated carbocycles. The van der Waals surface area contributed by atoms with Crippen LogP contribution in [0.5, 0.6) is 5.75 Å². The van der Waals surface area contributed by atoms with Gasteiger partial charge in [-0.1, -0.05) is 18.9 Å². The first-order valence-electron chi connectivity index (χ1n) is 12.3. The first kappa shape index (κ1) is 23.8. The van der Waals surface area contributed by atoms with E-state index in [0.29, 0.717) is 22.5 Å². The molecule has 3 aromatic rings. The molecule has 0 saturated heterocycles. The largest absolute Gasteiger partial charge is 0.497 e. The number of carbonyl (C=O) groups is 3. The number of methoxy groups -OCH3 is 1. The minimum Gasteiger partial charge on any atom is -0.497 e. The van der Waals surface area contributed by atoms with Crippen LogP contribution in [-0.2, 0) is 22.7 Å². The lowest BCUT2D eigenvalue weighted by Gasteiger charge is -2.44. The number of benzene rings is 1. The molecule has 5 rings (SSSR count). The maximum Gasteiger partial charge on any atom is 0.273 e. The summed E-state index contributed by atoms with van der Waals surface area (Å²) in [6.07, 6.45) is 7.45. The van der Waals surface area contributed by atoms with Crippen molar-refractivity contribution in [1.82, 2.24) is 19.8 Å². The number of aromatic nitrogens is 2. The zero-order valence-corrected chi connectivity index (χ0v) is 20.8. The topological polar surface area (TPSA) is 106 Å². The van der Waals surface area contributed by atoms with Gasteiger partial charge in [0, 0.05) is 37.3 Å². The van der Waals surface area contributed by atoms with Crippen molar-refractivity contribution >= 4 is 34.3 Å². The normalized spacial score (nSPS) is 19.9. The van der Waals surface area contributed by atoms with Crippen molar-refractivity contribution in [1.29, 1.82) is 0 Å². The second-order valence-corrected chi connectivity index (χ2v) is 9.86. The molecule has 1 fully saturated rings. The van der Waals surface area contributed by atoms with Crippen LogP contribution >= 0.6 is 0 Å². The van der Waals surface area contributed by atoms with Crippen molar-refractivity contribution in [3.05, 3.63) is 54.0 Å². The number of fused-ring (bicyclic) bond motifs is 3. The van der Waals surface area contributed by atoms with Crippen molar-refractivity contribution < 1.29 is 19.1 Å². The molecule has 1 aromatic carbocycles. The predicted octanol–water partition coefficient (Wildman–Crippen LogP) is 3.48. The Hall–Kier alpha value is -3.88. The number of hydrogen-bond acceptors (Lipinski definition) is 5. The third-order valence-electron chi connectivity index (χ3n) is 7.32. The zero-order valence-electron chi connectivity index (χ0n) is 20.8. The Kier molecular flexibility index (Phi) is 6.15. The smallest absolute Gasteiger partial charge is 0.273 e. The van der Waals surface area contributed by atoms with Gasteiger partial charge in [0.25, 0.3) is 5.91 Å². The maximum absolute atomic E-state index is 14.2. The summed E-state index contributed by atoms with van der Waals surface area (Å²) in [6.45, 7) is 3.69. The van der Waals surface area contributed by atoms with Crippen LogP contribution in [0.3, 0.4) is 0 Å². The highest BCUT2D eigenvalue weighted by molar-refractivity contribution is 6.14. The number of hydrogen-bond donors (Lipinski definition) is 2. The summed E-state index contributed by atoms with van der Waals surface area (Å²) in [5.74, 6) is -0.174. The molecule has 2 aromatic heterocycles. The summed E-state index contributed by atoms with van der Waals surface area (Å²) in [5.41, 5.74) is 1.20. The molecule has 0 spiro atoms. The van der Waals surface area contributed by atoms with E-state index < -0.39 is 5.54 Å². The standard InChI is InChI=1S/C27H31N5O4/c1-17(33)29-23-21-13-20(36-3)10-11-22(21)31-16-27(2,26(35)30-19-8-4-5-9-19)32(25(34)24(23)31)15-18-7-6-12-28-14-18/h6-7,10-14,19H,4-5,8-9,15-16H2,1-3H3,(H,29,33)(H,30,35)/t27-/m0/s1. The van der Waals surface area contributed by atoms with Gasteiger partial charge in [-0.25, -0.2) is 0 Å². The van der Waals surface area contributed by atoms with Gasteiger partial charge in [0.05, 0.1) is 24.9 Å². The van der Waals surface area contributed by atoms with Gasteiger partial charge in [-0.15, -0.1) is 0 Å². The van der Waals surface area contributed by atoms with E-state index in [1.54, 1.807) is 30.5 Å². The number of amides is 3. The van der Waals surface area contributed by atoms with Gasteiger partial charge >= 0.3 is 0 Å². The number of carbonyl (C=O) groups excluding carboxylic acids is 3. The molecule has 2 aliphatic rings. The maximum atomic E-state index is 14.2. The Balaban J connectivity index is 1.66. The van der Waals surface area contributed by atoms with E-state index in [4.69, 9.17) is 4.74 Å². The minimum absolute atomic E-state index is 0.117. The van der Waals surface area contributed by atoms with Crippen molar-refractivity contribution in [2.24, 2.45) is 0 Å². The highest BCUT2D eigenvalue weighted by Gasteiger charge is 2.49. The predicted molar refractivity (Wildman–Crippen MR) is 136 cm³/mol. The Morgan fingerprint density at radius 2 is 2.00 bits per heavy atom. The molecule has 9 nitrogen and oxygen atoms in total. The van der Waals surface area contributed by atoms with E-state index in [2.05, 4.69) is 15.6 Å². The lowest BCUT2D eigenvalue weighted by molar-refractivity contribution is -0.133. The molecule has 9 heteroatoms. The Morgan fingerprint density at radius 1 is 1.22 bits per heavy atom. The van der Waals surface area contributed by atoms with Gasteiger partial charge < -0.3 is 24.8 Å². The lowest BCUT2D eigenvalue weighted by Crippen LogP contribution is -2.64. The van der Waals surface area contributed by atoms with Crippen LogP contribution in [0, 0.1) is 0 Å². The highest BCUT2D eigenvalue weighted by Crippen LogP contribution is 2.40. The van der Waals surface area contributed by atoms with E-state index >= 15 is 0 Å². The Bertz CT molecular complexity index is 1330. The lowest BCUT2D eigenvalue weighted by atomic mass is 9.93. The summed E-state index contributed by atoms with van der Waals surface area (Å²) in [4.78, 5) is 46.0. The molecule has 36 heavy (non-hydrogen) atoms. The molecule has 0 unspecified atom stereocenters. The summed E-state index contributed by atoms with van der Waals surface area (Å²) in [6, 6.07) is 9.30. The summed E-state index contributed by atoms with van der Waals surface area (Å²) >= 11 is 0. The van der Waals surface area contributed by atoms with Gasteiger partial charge in [0.15, 0.2) is 0 Å². The average molecular weight is 490 g/mol. The number of anilines is 1. The summed E-state index contributed by atoms with van der Waals surface area (Å²) in [5, 5.41) is 6.76. The molecule has 0 radical (unpaired) electrons. The monoisotopic (exact) mass is 489 g/mol. The van der Waals surface area contributed by atoms with Crippen LogP contribution in [0.25, 0.3) is 10.9 Å². The molecule has 1 aliphatic carbocycles. The van der Waals surface area contributed by atoms with Crippen LogP contribution in [0.2, 0.25) is 0 Å². The molecule has 3 heterocycles. The van der Waals surface area contributed by atoms with Crippen LogP contribution in [0.15, 0.2) is 42.7 Å². The third-order valence-corrected chi connectivity index (χ3v) is 7.32. The third kappa shape index (κ3) is 4.08.